The van der Waals surface area contributed by atoms with E-state index in [0.717, 1.165) is 0 Å². The number of nitrogens with zero attached hydrogens (tertiary/aromatic N) is 4. The lowest BCUT2D eigenvalue weighted by Crippen LogP contribution is -2.33. The van der Waals surface area contributed by atoms with Gasteiger partial charge in [-0.1, -0.05) is 0 Å². The van der Waals surface area contributed by atoms with E-state index in [1.54, 1.807) is 6.92 Å². The van der Waals surface area contributed by atoms with Crippen molar-refractivity contribution in [2.45, 2.75) is 31.5 Å². The fraction of sp³-hybridized carbons (Fsp3) is 0.545. The Bertz CT molecular complexity index is 645. The van der Waals surface area contributed by atoms with Gasteiger partial charge >= 0.3 is 0 Å². The Balaban J connectivity index is 2.11. The molecule has 9 nitrogen and oxygen atoms in total. The molecule has 0 amide bonds. The van der Waals surface area contributed by atoms with Gasteiger partial charge in [-0.15, -0.1) is 0 Å². The molecule has 3 unspecified atom stereocenters. The normalized spacial score (nSPS) is 30.2. The Hall–Kier alpha value is -1.81. The van der Waals surface area contributed by atoms with Crippen molar-refractivity contribution >= 4 is 17.0 Å². The number of hydrogen-bond acceptors (Lipinski definition) is 8. The molecule has 0 spiro atoms. The second kappa shape index (κ2) is 4.63. The van der Waals surface area contributed by atoms with Crippen LogP contribution in [0.15, 0.2) is 6.33 Å². The maximum atomic E-state index is 10.1. The van der Waals surface area contributed by atoms with Gasteiger partial charge < -0.3 is 25.8 Å². The van der Waals surface area contributed by atoms with E-state index < -0.39 is 31.1 Å². The fourth-order valence-electron chi connectivity index (χ4n) is 2.43. The number of aromatic nitrogens is 4. The molecule has 2 aromatic heterocycles. The van der Waals surface area contributed by atoms with Crippen LogP contribution in [0.2, 0.25) is 0 Å². The van der Waals surface area contributed by atoms with Crippen molar-refractivity contribution in [3.05, 3.63) is 12.2 Å². The van der Waals surface area contributed by atoms with Crippen molar-refractivity contribution in [3.63, 3.8) is 0 Å². The number of aliphatic hydroxyl groups excluding tert-OH is 3. The lowest BCUT2D eigenvalue weighted by atomic mass is 10.1. The average Bonchev–Trinajstić information content (AvgIpc) is 2.90. The van der Waals surface area contributed by atoms with Crippen molar-refractivity contribution in [1.82, 2.24) is 19.5 Å². The van der Waals surface area contributed by atoms with Gasteiger partial charge in [-0.25, -0.2) is 15.0 Å². The lowest BCUT2D eigenvalue weighted by Gasteiger charge is -2.18. The molecule has 1 fully saturated rings. The first-order valence-corrected chi connectivity index (χ1v) is 6.12. The molecule has 0 bridgehead atoms. The van der Waals surface area contributed by atoms with E-state index in [4.69, 9.17) is 15.6 Å². The van der Waals surface area contributed by atoms with E-state index in [0.29, 0.717) is 17.0 Å². The van der Waals surface area contributed by atoms with Crippen molar-refractivity contribution in [1.29, 1.82) is 0 Å². The minimum absolute atomic E-state index is 0.226. The Labute approximate surface area is 113 Å². The molecular formula is C11H15N5O4. The summed E-state index contributed by atoms with van der Waals surface area (Å²) in [7, 11) is 0. The molecule has 108 valence electrons. The molecule has 4 atom stereocenters. The fourth-order valence-corrected chi connectivity index (χ4v) is 2.43. The van der Waals surface area contributed by atoms with Crippen molar-refractivity contribution < 1.29 is 20.1 Å². The quantitative estimate of drug-likeness (QED) is 0.512. The summed E-state index contributed by atoms with van der Waals surface area (Å²) < 4.78 is 7.02. The van der Waals surface area contributed by atoms with Gasteiger partial charge in [0.25, 0.3) is 0 Å². The SMILES string of the molecule is Cc1nc2c(N)ncnc2n1C1OC(CO)[C@H](O)C1O. The zero-order valence-corrected chi connectivity index (χ0v) is 10.7. The summed E-state index contributed by atoms with van der Waals surface area (Å²) in [6, 6.07) is 0. The Morgan fingerprint density at radius 1 is 1.35 bits per heavy atom. The second-order valence-electron chi connectivity index (χ2n) is 4.69. The first-order valence-electron chi connectivity index (χ1n) is 6.12. The number of hydrogen-bond donors (Lipinski definition) is 4. The molecule has 0 aliphatic carbocycles. The highest BCUT2D eigenvalue weighted by molar-refractivity contribution is 5.81. The van der Waals surface area contributed by atoms with Crippen LogP contribution in [-0.4, -0.2) is 59.8 Å². The molecule has 2 aromatic rings. The molecule has 0 saturated carbocycles. The van der Waals surface area contributed by atoms with E-state index in [9.17, 15) is 10.2 Å². The molecule has 1 aliphatic heterocycles. The van der Waals surface area contributed by atoms with Crippen LogP contribution in [0.5, 0.6) is 0 Å². The number of nitrogens with two attached hydrogens (primary N) is 1. The summed E-state index contributed by atoms with van der Waals surface area (Å²) in [4.78, 5) is 12.2. The van der Waals surface area contributed by atoms with Crippen LogP contribution in [0.1, 0.15) is 12.1 Å². The van der Waals surface area contributed by atoms with Crippen LogP contribution < -0.4 is 5.73 Å². The first kappa shape index (κ1) is 13.2. The Morgan fingerprint density at radius 3 is 2.75 bits per heavy atom. The van der Waals surface area contributed by atoms with Crippen LogP contribution in [0, 0.1) is 6.92 Å². The van der Waals surface area contributed by atoms with Crippen molar-refractivity contribution in [2.24, 2.45) is 0 Å². The zero-order valence-electron chi connectivity index (χ0n) is 10.7. The average molecular weight is 281 g/mol. The predicted molar refractivity (Wildman–Crippen MR) is 67.5 cm³/mol. The van der Waals surface area contributed by atoms with Crippen molar-refractivity contribution in [3.8, 4) is 0 Å². The third-order valence-corrected chi connectivity index (χ3v) is 3.45. The topological polar surface area (TPSA) is 140 Å². The molecule has 0 radical (unpaired) electrons. The molecule has 3 heterocycles. The Kier molecular flexibility index (Phi) is 3.05. The van der Waals surface area contributed by atoms with E-state index >= 15 is 0 Å². The molecule has 3 rings (SSSR count). The van der Waals surface area contributed by atoms with Crippen LogP contribution >= 0.6 is 0 Å². The third kappa shape index (κ3) is 1.75. The summed E-state index contributed by atoms with van der Waals surface area (Å²) >= 11 is 0. The van der Waals surface area contributed by atoms with Gasteiger partial charge in [-0.3, -0.25) is 4.57 Å². The van der Waals surface area contributed by atoms with Gasteiger partial charge in [0.2, 0.25) is 0 Å². The van der Waals surface area contributed by atoms with E-state index in [2.05, 4.69) is 15.0 Å². The van der Waals surface area contributed by atoms with E-state index in [1.807, 2.05) is 0 Å². The highest BCUT2D eigenvalue weighted by Crippen LogP contribution is 2.33. The number of imidazole rings is 1. The number of ether oxygens (including phenoxy) is 1. The van der Waals surface area contributed by atoms with Crippen LogP contribution in [0.25, 0.3) is 11.2 Å². The lowest BCUT2D eigenvalue weighted by molar-refractivity contribution is -0.0519. The van der Waals surface area contributed by atoms with Gasteiger partial charge in [0.15, 0.2) is 23.2 Å². The molecule has 1 aliphatic rings. The summed E-state index contributed by atoms with van der Waals surface area (Å²) in [6.07, 6.45) is -2.83. The molecule has 20 heavy (non-hydrogen) atoms. The van der Waals surface area contributed by atoms with Gasteiger partial charge in [0.1, 0.15) is 30.5 Å². The maximum Gasteiger partial charge on any atom is 0.167 e. The summed E-state index contributed by atoms with van der Waals surface area (Å²) in [6.45, 7) is 1.31. The van der Waals surface area contributed by atoms with Crippen LogP contribution in [0.4, 0.5) is 5.82 Å². The summed E-state index contributed by atoms with van der Waals surface area (Å²) in [5.41, 5.74) is 6.55. The standard InChI is InChI=1S/C11H15N5O4/c1-4-15-6-9(12)13-3-14-10(6)16(4)11-8(19)7(18)5(2-17)20-11/h3,5,7-8,11,17-19H,2H2,1H3,(H2,12,13,14)/t5?,7-,8?,11?/m0/s1. The van der Waals surface area contributed by atoms with Gasteiger partial charge in [0.05, 0.1) is 6.61 Å². The minimum Gasteiger partial charge on any atom is -0.394 e. The second-order valence-corrected chi connectivity index (χ2v) is 4.69. The number of nitrogen functional groups attached to an aromatic ring is 1. The molecule has 1 saturated heterocycles. The first-order chi connectivity index (χ1) is 9.54. The predicted octanol–water partition coefficient (Wildman–Crippen LogP) is -1.67. The smallest absolute Gasteiger partial charge is 0.167 e. The number of aliphatic hydroxyl groups is 3. The van der Waals surface area contributed by atoms with E-state index in [1.165, 1.54) is 10.9 Å². The highest BCUT2D eigenvalue weighted by atomic mass is 16.6. The van der Waals surface area contributed by atoms with Crippen molar-refractivity contribution in [2.75, 3.05) is 12.3 Å². The minimum atomic E-state index is -1.19. The number of anilines is 1. The molecule has 5 N–H and O–H groups in total. The highest BCUT2D eigenvalue weighted by Gasteiger charge is 2.44. The maximum absolute atomic E-state index is 10.1. The van der Waals surface area contributed by atoms with Gasteiger partial charge in [-0.2, -0.15) is 0 Å². The number of rotatable bonds is 2. The zero-order chi connectivity index (χ0) is 14.4. The van der Waals surface area contributed by atoms with Gasteiger partial charge in [0, 0.05) is 0 Å². The third-order valence-electron chi connectivity index (χ3n) is 3.45. The van der Waals surface area contributed by atoms with E-state index in [-0.39, 0.29) is 5.82 Å². The monoisotopic (exact) mass is 281 g/mol. The summed E-state index contributed by atoms with van der Waals surface area (Å²) in [5, 5.41) is 29.0. The number of aryl methyl sites for hydroxylation is 1. The van der Waals surface area contributed by atoms with Crippen LogP contribution in [0.3, 0.4) is 0 Å². The molecular weight excluding hydrogens is 266 g/mol. The largest absolute Gasteiger partial charge is 0.394 e. The Morgan fingerprint density at radius 2 is 2.10 bits per heavy atom. The molecule has 0 aromatic carbocycles. The summed E-state index contributed by atoms with van der Waals surface area (Å²) in [5.74, 6) is 0.741. The van der Waals surface area contributed by atoms with Gasteiger partial charge in [-0.05, 0) is 6.92 Å². The molecule has 9 heteroatoms. The number of fused-ring (bicyclic) bond motifs is 1. The van der Waals surface area contributed by atoms with Crippen LogP contribution in [-0.2, 0) is 4.74 Å².